The number of carbonyl (C=O) groups is 2. The molecule has 6 heteroatoms. The Morgan fingerprint density at radius 2 is 1.79 bits per heavy atom. The molecular weight excluding hydrogens is 372 g/mol. The van der Waals surface area contributed by atoms with Gasteiger partial charge in [0.05, 0.1) is 0 Å². The SMILES string of the molecule is Cc1ccc(-c2nc(C(=O)O[C@H](C)C(=O)N(C)Cc3ccccc3)cs2)cc1. The molecule has 0 radical (unpaired) electrons. The predicted octanol–water partition coefficient (Wildman–Crippen LogP) is 4.32. The minimum absolute atomic E-state index is 0.214. The quantitative estimate of drug-likeness (QED) is 0.584. The first-order valence-electron chi connectivity index (χ1n) is 8.96. The van der Waals surface area contributed by atoms with E-state index in [0.29, 0.717) is 6.54 Å². The first-order valence-corrected chi connectivity index (χ1v) is 9.84. The molecular formula is C22H22N2O3S. The largest absolute Gasteiger partial charge is 0.448 e. The average molecular weight is 394 g/mol. The maximum Gasteiger partial charge on any atom is 0.358 e. The fourth-order valence-corrected chi connectivity index (χ4v) is 3.51. The first-order chi connectivity index (χ1) is 13.4. The average Bonchev–Trinajstić information content (AvgIpc) is 3.19. The first kappa shape index (κ1) is 19.8. The van der Waals surface area contributed by atoms with Crippen LogP contribution >= 0.6 is 11.3 Å². The second-order valence-electron chi connectivity index (χ2n) is 6.63. The van der Waals surface area contributed by atoms with Crippen LogP contribution in [0.3, 0.4) is 0 Å². The molecule has 0 aliphatic rings. The highest BCUT2D eigenvalue weighted by Crippen LogP contribution is 2.24. The number of benzene rings is 2. The van der Waals surface area contributed by atoms with Crippen molar-refractivity contribution in [2.24, 2.45) is 0 Å². The minimum atomic E-state index is -0.884. The lowest BCUT2D eigenvalue weighted by atomic mass is 10.2. The summed E-state index contributed by atoms with van der Waals surface area (Å²) < 4.78 is 5.34. The fraction of sp³-hybridized carbons (Fsp3) is 0.227. The van der Waals surface area contributed by atoms with Gasteiger partial charge in [-0.2, -0.15) is 0 Å². The van der Waals surface area contributed by atoms with Crippen LogP contribution in [-0.4, -0.2) is 34.9 Å². The summed E-state index contributed by atoms with van der Waals surface area (Å²) in [6.45, 7) is 4.05. The van der Waals surface area contributed by atoms with Gasteiger partial charge in [-0.15, -0.1) is 11.3 Å². The van der Waals surface area contributed by atoms with Crippen LogP contribution in [0.15, 0.2) is 60.0 Å². The smallest absolute Gasteiger partial charge is 0.358 e. The van der Waals surface area contributed by atoms with Crippen molar-refractivity contribution in [1.29, 1.82) is 0 Å². The third-order valence-corrected chi connectivity index (χ3v) is 5.17. The second-order valence-corrected chi connectivity index (χ2v) is 7.49. The normalized spacial score (nSPS) is 11.7. The molecule has 1 heterocycles. The number of aryl methyl sites for hydroxylation is 1. The van der Waals surface area contributed by atoms with Gasteiger partial charge in [0, 0.05) is 24.5 Å². The highest BCUT2D eigenvalue weighted by atomic mass is 32.1. The number of rotatable bonds is 6. The summed E-state index contributed by atoms with van der Waals surface area (Å²) in [6.07, 6.45) is -0.884. The summed E-state index contributed by atoms with van der Waals surface area (Å²) in [6, 6.07) is 17.6. The van der Waals surface area contributed by atoms with Crippen LogP contribution < -0.4 is 0 Å². The molecule has 3 aromatic rings. The van der Waals surface area contributed by atoms with Crippen molar-refractivity contribution in [1.82, 2.24) is 9.88 Å². The molecule has 1 atom stereocenters. The number of likely N-dealkylation sites (N-methyl/N-ethyl adjacent to an activating group) is 1. The van der Waals surface area contributed by atoms with Crippen molar-refractivity contribution in [2.45, 2.75) is 26.5 Å². The van der Waals surface area contributed by atoms with Crippen LogP contribution in [-0.2, 0) is 16.1 Å². The molecule has 1 amide bonds. The van der Waals surface area contributed by atoms with E-state index in [9.17, 15) is 9.59 Å². The van der Waals surface area contributed by atoms with Crippen molar-refractivity contribution < 1.29 is 14.3 Å². The Bertz CT molecular complexity index is 951. The van der Waals surface area contributed by atoms with Gasteiger partial charge in [-0.1, -0.05) is 60.2 Å². The van der Waals surface area contributed by atoms with Gasteiger partial charge < -0.3 is 9.64 Å². The predicted molar refractivity (Wildman–Crippen MR) is 110 cm³/mol. The van der Waals surface area contributed by atoms with E-state index in [4.69, 9.17) is 4.74 Å². The van der Waals surface area contributed by atoms with Crippen LogP contribution in [0.5, 0.6) is 0 Å². The lowest BCUT2D eigenvalue weighted by Gasteiger charge is -2.21. The van der Waals surface area contributed by atoms with E-state index in [-0.39, 0.29) is 11.6 Å². The van der Waals surface area contributed by atoms with Gasteiger partial charge in [0.2, 0.25) is 0 Å². The van der Waals surface area contributed by atoms with Crippen molar-refractivity contribution in [3.63, 3.8) is 0 Å². The zero-order valence-electron chi connectivity index (χ0n) is 16.1. The molecule has 0 saturated carbocycles. The van der Waals surface area contributed by atoms with Crippen LogP contribution in [0.2, 0.25) is 0 Å². The molecule has 0 saturated heterocycles. The minimum Gasteiger partial charge on any atom is -0.448 e. The lowest BCUT2D eigenvalue weighted by Crippen LogP contribution is -2.37. The zero-order chi connectivity index (χ0) is 20.1. The Balaban J connectivity index is 1.60. The van der Waals surface area contributed by atoms with E-state index >= 15 is 0 Å². The van der Waals surface area contributed by atoms with Crippen LogP contribution in [0, 0.1) is 6.92 Å². The molecule has 0 unspecified atom stereocenters. The Morgan fingerprint density at radius 1 is 1.11 bits per heavy atom. The number of hydrogen-bond acceptors (Lipinski definition) is 5. The van der Waals surface area contributed by atoms with E-state index in [1.165, 1.54) is 11.3 Å². The van der Waals surface area contributed by atoms with Gasteiger partial charge in [-0.25, -0.2) is 9.78 Å². The molecule has 5 nitrogen and oxygen atoms in total. The Kier molecular flexibility index (Phi) is 6.21. The Hall–Kier alpha value is -2.99. The number of hydrogen-bond donors (Lipinski definition) is 0. The van der Waals surface area contributed by atoms with Crippen molar-refractivity contribution in [3.8, 4) is 10.6 Å². The molecule has 0 aliphatic heterocycles. The lowest BCUT2D eigenvalue weighted by molar-refractivity contribution is -0.139. The van der Waals surface area contributed by atoms with Gasteiger partial charge >= 0.3 is 5.97 Å². The summed E-state index contributed by atoms with van der Waals surface area (Å²) in [5.74, 6) is -0.852. The van der Waals surface area contributed by atoms with Crippen molar-refractivity contribution in [3.05, 3.63) is 76.8 Å². The molecule has 1 aromatic heterocycles. The Morgan fingerprint density at radius 3 is 2.46 bits per heavy atom. The second kappa shape index (κ2) is 8.80. The third kappa shape index (κ3) is 4.84. The monoisotopic (exact) mass is 394 g/mol. The van der Waals surface area contributed by atoms with E-state index in [2.05, 4.69) is 4.98 Å². The van der Waals surface area contributed by atoms with Gasteiger partial charge in [-0.05, 0) is 19.4 Å². The highest BCUT2D eigenvalue weighted by molar-refractivity contribution is 7.13. The molecule has 0 N–H and O–H groups in total. The fourth-order valence-electron chi connectivity index (χ4n) is 2.71. The van der Waals surface area contributed by atoms with E-state index in [1.54, 1.807) is 24.3 Å². The molecule has 28 heavy (non-hydrogen) atoms. The zero-order valence-corrected chi connectivity index (χ0v) is 16.9. The maximum atomic E-state index is 12.5. The van der Waals surface area contributed by atoms with E-state index < -0.39 is 12.1 Å². The molecule has 0 spiro atoms. The topological polar surface area (TPSA) is 59.5 Å². The number of carbonyl (C=O) groups excluding carboxylic acids is 2. The summed E-state index contributed by atoms with van der Waals surface area (Å²) >= 11 is 1.37. The summed E-state index contributed by atoms with van der Waals surface area (Å²) in [5, 5.41) is 2.40. The number of nitrogens with zero attached hydrogens (tertiary/aromatic N) is 2. The van der Waals surface area contributed by atoms with E-state index in [1.807, 2.05) is 61.5 Å². The summed E-state index contributed by atoms with van der Waals surface area (Å²) in [5.41, 5.74) is 3.33. The summed E-state index contributed by atoms with van der Waals surface area (Å²) in [7, 11) is 1.69. The molecule has 0 bridgehead atoms. The Labute approximate surface area is 168 Å². The van der Waals surface area contributed by atoms with E-state index in [0.717, 1.165) is 21.7 Å². The third-order valence-electron chi connectivity index (χ3n) is 4.28. The molecule has 3 rings (SSSR count). The summed E-state index contributed by atoms with van der Waals surface area (Å²) in [4.78, 5) is 30.8. The molecule has 144 valence electrons. The highest BCUT2D eigenvalue weighted by Gasteiger charge is 2.23. The number of amides is 1. The molecule has 0 fully saturated rings. The number of esters is 1. The van der Waals surface area contributed by atoms with Crippen molar-refractivity contribution >= 4 is 23.2 Å². The molecule has 0 aliphatic carbocycles. The molecule has 2 aromatic carbocycles. The number of aromatic nitrogens is 1. The number of ether oxygens (including phenoxy) is 1. The van der Waals surface area contributed by atoms with Crippen LogP contribution in [0.1, 0.15) is 28.5 Å². The maximum absolute atomic E-state index is 12.5. The van der Waals surface area contributed by atoms with Gasteiger partial charge in [-0.3, -0.25) is 4.79 Å². The van der Waals surface area contributed by atoms with Crippen LogP contribution in [0.4, 0.5) is 0 Å². The number of thiazole rings is 1. The van der Waals surface area contributed by atoms with Gasteiger partial charge in [0.15, 0.2) is 11.8 Å². The van der Waals surface area contributed by atoms with Crippen molar-refractivity contribution in [2.75, 3.05) is 7.05 Å². The van der Waals surface area contributed by atoms with Crippen LogP contribution in [0.25, 0.3) is 10.6 Å². The van der Waals surface area contributed by atoms with Gasteiger partial charge in [0.1, 0.15) is 5.01 Å². The standard InChI is InChI=1S/C22H22N2O3S/c1-15-9-11-18(12-10-15)20-23-19(14-28-20)22(26)27-16(2)21(25)24(3)13-17-7-5-4-6-8-17/h4-12,14,16H,13H2,1-3H3/t16-/m1/s1. The van der Waals surface area contributed by atoms with Gasteiger partial charge in [0.25, 0.3) is 5.91 Å².